The smallest absolute Gasteiger partial charge is 0.221 e. The molecule has 0 aliphatic rings. The molecule has 7 nitrogen and oxygen atoms in total. The fraction of sp³-hybridized carbons (Fsp3) is 0.0952. The zero-order valence-corrected chi connectivity index (χ0v) is 15.4. The van der Waals surface area contributed by atoms with E-state index in [4.69, 9.17) is 9.84 Å². The van der Waals surface area contributed by atoms with E-state index in [0.29, 0.717) is 11.4 Å². The maximum Gasteiger partial charge on any atom is 0.221 e. The van der Waals surface area contributed by atoms with Crippen molar-refractivity contribution in [2.24, 2.45) is 0 Å². The lowest BCUT2D eigenvalue weighted by Crippen LogP contribution is -2.05. The third-order valence-corrected chi connectivity index (χ3v) is 4.34. The van der Waals surface area contributed by atoms with Crippen molar-refractivity contribution >= 4 is 17.2 Å². The zero-order valence-electron chi connectivity index (χ0n) is 15.4. The topological polar surface area (TPSA) is 88.8 Å². The van der Waals surface area contributed by atoms with Crippen molar-refractivity contribution in [2.75, 3.05) is 12.4 Å². The standard InChI is InChI=1S/C21H18N4O3/c1-13(26)23-16-6-3-14(4-7-16)17-8-10-21-22-12-18(25(21)24-17)15-5-9-19(27)20(11-15)28-2/h3-12,27H,1-2H3,(H,23,26). The predicted molar refractivity (Wildman–Crippen MR) is 106 cm³/mol. The molecular weight excluding hydrogens is 356 g/mol. The van der Waals surface area contributed by atoms with Gasteiger partial charge in [-0.25, -0.2) is 9.50 Å². The number of phenolic OH excluding ortho intramolecular Hbond substituents is 1. The Labute approximate surface area is 161 Å². The van der Waals surface area contributed by atoms with Crippen LogP contribution in [0.25, 0.3) is 28.2 Å². The van der Waals surface area contributed by atoms with Gasteiger partial charge >= 0.3 is 0 Å². The molecule has 0 radical (unpaired) electrons. The number of fused-ring (bicyclic) bond motifs is 1. The van der Waals surface area contributed by atoms with E-state index in [1.165, 1.54) is 14.0 Å². The van der Waals surface area contributed by atoms with Crippen LogP contribution in [-0.4, -0.2) is 32.7 Å². The van der Waals surface area contributed by atoms with Gasteiger partial charge in [0.15, 0.2) is 17.1 Å². The highest BCUT2D eigenvalue weighted by molar-refractivity contribution is 5.88. The first-order valence-corrected chi connectivity index (χ1v) is 8.65. The summed E-state index contributed by atoms with van der Waals surface area (Å²) in [5, 5.41) is 17.3. The van der Waals surface area contributed by atoms with Gasteiger partial charge in [-0.15, -0.1) is 0 Å². The number of aromatic hydroxyl groups is 1. The average Bonchev–Trinajstić information content (AvgIpc) is 3.12. The molecule has 0 aliphatic carbocycles. The number of anilines is 1. The third-order valence-electron chi connectivity index (χ3n) is 4.34. The Morgan fingerprint density at radius 2 is 1.82 bits per heavy atom. The predicted octanol–water partition coefficient (Wildman–Crippen LogP) is 3.74. The van der Waals surface area contributed by atoms with Crippen molar-refractivity contribution in [3.05, 3.63) is 60.8 Å². The van der Waals surface area contributed by atoms with E-state index in [2.05, 4.69) is 10.3 Å². The second-order valence-corrected chi connectivity index (χ2v) is 6.28. The molecule has 4 aromatic rings. The molecule has 4 rings (SSSR count). The monoisotopic (exact) mass is 374 g/mol. The van der Waals surface area contributed by atoms with Crippen LogP contribution in [-0.2, 0) is 4.79 Å². The van der Waals surface area contributed by atoms with Gasteiger partial charge in [0.05, 0.1) is 24.7 Å². The van der Waals surface area contributed by atoms with Crippen LogP contribution in [0, 0.1) is 0 Å². The van der Waals surface area contributed by atoms with Crippen molar-refractivity contribution < 1.29 is 14.6 Å². The van der Waals surface area contributed by atoms with Gasteiger partial charge in [-0.05, 0) is 42.5 Å². The lowest BCUT2D eigenvalue weighted by Gasteiger charge is -2.08. The Morgan fingerprint density at radius 1 is 1.07 bits per heavy atom. The highest BCUT2D eigenvalue weighted by atomic mass is 16.5. The quantitative estimate of drug-likeness (QED) is 0.568. The molecule has 0 spiro atoms. The number of carbonyl (C=O) groups excluding carboxylic acids is 1. The number of imidazole rings is 1. The maximum atomic E-state index is 11.2. The molecule has 7 heteroatoms. The number of benzene rings is 2. The van der Waals surface area contributed by atoms with Crippen LogP contribution in [0.2, 0.25) is 0 Å². The summed E-state index contributed by atoms with van der Waals surface area (Å²) in [6.07, 6.45) is 1.73. The molecule has 2 heterocycles. The molecule has 0 atom stereocenters. The lowest BCUT2D eigenvalue weighted by atomic mass is 10.1. The minimum absolute atomic E-state index is 0.0768. The number of carbonyl (C=O) groups is 1. The summed E-state index contributed by atoms with van der Waals surface area (Å²) in [5.74, 6) is 0.352. The number of rotatable bonds is 4. The summed E-state index contributed by atoms with van der Waals surface area (Å²) in [7, 11) is 1.51. The van der Waals surface area contributed by atoms with Crippen molar-refractivity contribution in [1.82, 2.24) is 14.6 Å². The van der Waals surface area contributed by atoms with Crippen molar-refractivity contribution in [3.8, 4) is 34.0 Å². The molecule has 0 saturated heterocycles. The van der Waals surface area contributed by atoms with Crippen molar-refractivity contribution in [2.45, 2.75) is 6.92 Å². The Morgan fingerprint density at radius 3 is 2.54 bits per heavy atom. The molecule has 0 saturated carbocycles. The number of ether oxygens (including phenoxy) is 1. The van der Waals surface area contributed by atoms with Crippen LogP contribution in [0.4, 0.5) is 5.69 Å². The Bertz CT molecular complexity index is 1170. The van der Waals surface area contributed by atoms with E-state index in [1.807, 2.05) is 36.4 Å². The van der Waals surface area contributed by atoms with E-state index in [0.717, 1.165) is 28.2 Å². The molecule has 2 aromatic heterocycles. The van der Waals surface area contributed by atoms with E-state index >= 15 is 0 Å². The molecular formula is C21H18N4O3. The lowest BCUT2D eigenvalue weighted by molar-refractivity contribution is -0.114. The van der Waals surface area contributed by atoms with Gasteiger partial charge in [0.25, 0.3) is 0 Å². The molecule has 2 N–H and O–H groups in total. The number of nitrogens with zero attached hydrogens (tertiary/aromatic N) is 3. The summed E-state index contributed by atoms with van der Waals surface area (Å²) < 4.78 is 6.95. The number of methoxy groups -OCH3 is 1. The van der Waals surface area contributed by atoms with Gasteiger partial charge in [-0.3, -0.25) is 4.79 Å². The fourth-order valence-corrected chi connectivity index (χ4v) is 2.99. The molecule has 0 fully saturated rings. The van der Waals surface area contributed by atoms with Crippen molar-refractivity contribution in [1.29, 1.82) is 0 Å². The highest BCUT2D eigenvalue weighted by Gasteiger charge is 2.11. The minimum Gasteiger partial charge on any atom is -0.504 e. The molecule has 28 heavy (non-hydrogen) atoms. The van der Waals surface area contributed by atoms with E-state index < -0.39 is 0 Å². The molecule has 0 bridgehead atoms. The van der Waals surface area contributed by atoms with Crippen LogP contribution in [0.15, 0.2) is 60.8 Å². The Hall–Kier alpha value is -3.87. The first kappa shape index (κ1) is 17.5. The number of hydrogen-bond donors (Lipinski definition) is 2. The van der Waals surface area contributed by atoms with Crippen LogP contribution in [0.5, 0.6) is 11.5 Å². The molecule has 0 unspecified atom stereocenters. The van der Waals surface area contributed by atoms with E-state index in [1.54, 1.807) is 28.9 Å². The second kappa shape index (κ2) is 7.03. The zero-order chi connectivity index (χ0) is 19.7. The SMILES string of the molecule is COc1cc(-c2cnc3ccc(-c4ccc(NC(C)=O)cc4)nn23)ccc1O. The number of nitrogens with one attached hydrogen (secondary N) is 1. The van der Waals surface area contributed by atoms with Crippen LogP contribution >= 0.6 is 0 Å². The first-order valence-electron chi connectivity index (χ1n) is 8.65. The average molecular weight is 374 g/mol. The molecule has 1 amide bonds. The van der Waals surface area contributed by atoms with Gasteiger partial charge in [0.1, 0.15) is 0 Å². The number of aromatic nitrogens is 3. The van der Waals surface area contributed by atoms with Crippen LogP contribution < -0.4 is 10.1 Å². The number of hydrogen-bond acceptors (Lipinski definition) is 5. The Balaban J connectivity index is 1.75. The van der Waals surface area contributed by atoms with Gasteiger partial charge in [-0.2, -0.15) is 5.10 Å². The van der Waals surface area contributed by atoms with Crippen molar-refractivity contribution in [3.63, 3.8) is 0 Å². The summed E-state index contributed by atoms with van der Waals surface area (Å²) in [4.78, 5) is 15.6. The molecule has 140 valence electrons. The second-order valence-electron chi connectivity index (χ2n) is 6.28. The third kappa shape index (κ3) is 3.25. The fourth-order valence-electron chi connectivity index (χ4n) is 2.99. The molecule has 2 aromatic carbocycles. The first-order chi connectivity index (χ1) is 13.5. The van der Waals surface area contributed by atoms with Crippen LogP contribution in [0.1, 0.15) is 6.92 Å². The van der Waals surface area contributed by atoms with Gasteiger partial charge in [0.2, 0.25) is 5.91 Å². The van der Waals surface area contributed by atoms with E-state index in [-0.39, 0.29) is 11.7 Å². The molecule has 0 aliphatic heterocycles. The summed E-state index contributed by atoms with van der Waals surface area (Å²) in [6, 6.07) is 16.4. The summed E-state index contributed by atoms with van der Waals surface area (Å²) in [6.45, 7) is 1.47. The summed E-state index contributed by atoms with van der Waals surface area (Å²) >= 11 is 0. The largest absolute Gasteiger partial charge is 0.504 e. The van der Waals surface area contributed by atoms with Gasteiger partial charge in [-0.1, -0.05) is 12.1 Å². The summed E-state index contributed by atoms with van der Waals surface area (Å²) in [5.41, 5.74) is 4.74. The van der Waals surface area contributed by atoms with E-state index in [9.17, 15) is 9.90 Å². The normalized spacial score (nSPS) is 10.8. The minimum atomic E-state index is -0.111. The van der Waals surface area contributed by atoms with Crippen LogP contribution in [0.3, 0.4) is 0 Å². The maximum absolute atomic E-state index is 11.2. The van der Waals surface area contributed by atoms with Gasteiger partial charge < -0.3 is 15.2 Å². The number of amides is 1. The highest BCUT2D eigenvalue weighted by Crippen LogP contribution is 2.32. The van der Waals surface area contributed by atoms with Gasteiger partial charge in [0, 0.05) is 23.7 Å². The number of phenols is 1. The Kier molecular flexibility index (Phi) is 4.41.